The number of aryl methyl sites for hydroxylation is 1. The molecule has 23 heavy (non-hydrogen) atoms. The van der Waals surface area contributed by atoms with Crippen molar-refractivity contribution in [2.45, 2.75) is 26.9 Å². The van der Waals surface area contributed by atoms with Gasteiger partial charge in [0, 0.05) is 11.3 Å². The quantitative estimate of drug-likeness (QED) is 0.890. The first-order valence-electron chi connectivity index (χ1n) is 7.32. The molecule has 0 aliphatic rings. The van der Waals surface area contributed by atoms with Crippen LogP contribution in [0.5, 0.6) is 5.75 Å². The van der Waals surface area contributed by atoms with Crippen molar-refractivity contribution in [3.63, 3.8) is 0 Å². The van der Waals surface area contributed by atoms with Crippen LogP contribution in [0.4, 0.5) is 5.69 Å². The molecule has 2 rings (SSSR count). The van der Waals surface area contributed by atoms with Crippen LogP contribution in [0.25, 0.3) is 0 Å². The molecule has 0 saturated heterocycles. The van der Waals surface area contributed by atoms with Gasteiger partial charge in [-0.25, -0.2) is 0 Å². The van der Waals surface area contributed by atoms with Crippen LogP contribution < -0.4 is 15.8 Å². The van der Waals surface area contributed by atoms with Crippen molar-refractivity contribution in [3.8, 4) is 5.75 Å². The van der Waals surface area contributed by atoms with Gasteiger partial charge in [0.25, 0.3) is 5.91 Å². The summed E-state index contributed by atoms with van der Waals surface area (Å²) < 4.78 is 5.69. The van der Waals surface area contributed by atoms with E-state index in [0.717, 1.165) is 5.56 Å². The number of rotatable bonds is 5. The lowest BCUT2D eigenvalue weighted by Gasteiger charge is -2.17. The van der Waals surface area contributed by atoms with Crippen molar-refractivity contribution >= 4 is 17.5 Å². The molecule has 0 saturated carbocycles. The molecule has 1 atom stereocenters. The summed E-state index contributed by atoms with van der Waals surface area (Å²) in [6, 6.07) is 12.5. The maximum atomic E-state index is 12.3. The Hall–Kier alpha value is -2.82. The molecule has 5 heteroatoms. The number of carbonyl (C=O) groups excluding carboxylic acids is 2. The SMILES string of the molecule is Cc1ccccc1OC(C)C(=O)Nc1cccc(C(N)=O)c1C. The van der Waals surface area contributed by atoms with Crippen molar-refractivity contribution in [2.75, 3.05) is 5.32 Å². The molecule has 5 nitrogen and oxygen atoms in total. The number of hydrogen-bond donors (Lipinski definition) is 2. The first-order valence-corrected chi connectivity index (χ1v) is 7.32. The van der Waals surface area contributed by atoms with Crippen molar-refractivity contribution in [1.82, 2.24) is 0 Å². The van der Waals surface area contributed by atoms with Gasteiger partial charge in [-0.05, 0) is 50.1 Å². The van der Waals surface area contributed by atoms with Gasteiger partial charge in [-0.15, -0.1) is 0 Å². The summed E-state index contributed by atoms with van der Waals surface area (Å²) in [5.74, 6) is -0.154. The summed E-state index contributed by atoms with van der Waals surface area (Å²) in [5, 5.41) is 2.77. The maximum Gasteiger partial charge on any atom is 0.265 e. The topological polar surface area (TPSA) is 81.4 Å². The molecule has 3 N–H and O–H groups in total. The highest BCUT2D eigenvalue weighted by Crippen LogP contribution is 2.21. The minimum absolute atomic E-state index is 0.294. The van der Waals surface area contributed by atoms with E-state index in [0.29, 0.717) is 22.6 Å². The van der Waals surface area contributed by atoms with Crippen molar-refractivity contribution in [3.05, 3.63) is 59.2 Å². The van der Waals surface area contributed by atoms with Gasteiger partial charge in [-0.3, -0.25) is 9.59 Å². The van der Waals surface area contributed by atoms with Crippen LogP contribution in [0, 0.1) is 13.8 Å². The molecule has 0 aliphatic carbocycles. The van der Waals surface area contributed by atoms with Gasteiger partial charge in [0.15, 0.2) is 6.10 Å². The molecule has 0 radical (unpaired) electrons. The number of carbonyl (C=O) groups is 2. The highest BCUT2D eigenvalue weighted by Gasteiger charge is 2.17. The molecule has 0 fully saturated rings. The normalized spacial score (nSPS) is 11.6. The second-order valence-electron chi connectivity index (χ2n) is 5.36. The maximum absolute atomic E-state index is 12.3. The van der Waals surface area contributed by atoms with Gasteiger partial charge in [0.1, 0.15) is 5.75 Å². The fraction of sp³-hybridized carbons (Fsp3) is 0.222. The first-order chi connectivity index (χ1) is 10.9. The van der Waals surface area contributed by atoms with E-state index in [2.05, 4.69) is 5.32 Å². The number of primary amides is 1. The van der Waals surface area contributed by atoms with Gasteiger partial charge < -0.3 is 15.8 Å². The number of nitrogens with two attached hydrogens (primary N) is 1. The molecular formula is C18H20N2O3. The fourth-order valence-corrected chi connectivity index (χ4v) is 2.20. The molecule has 2 amide bonds. The van der Waals surface area contributed by atoms with E-state index in [1.807, 2.05) is 31.2 Å². The Morgan fingerprint density at radius 2 is 1.78 bits per heavy atom. The standard InChI is InChI=1S/C18H20N2O3/c1-11-7-4-5-10-16(11)23-13(3)18(22)20-15-9-6-8-14(12(15)2)17(19)21/h4-10,13H,1-3H3,(H2,19,21)(H,20,22). The van der Waals surface area contributed by atoms with E-state index in [1.54, 1.807) is 32.0 Å². The van der Waals surface area contributed by atoms with E-state index < -0.39 is 12.0 Å². The van der Waals surface area contributed by atoms with Crippen LogP contribution in [-0.2, 0) is 4.79 Å². The number of para-hydroxylation sites is 1. The molecule has 0 spiro atoms. The van der Waals surface area contributed by atoms with Gasteiger partial charge in [0.05, 0.1) is 0 Å². The highest BCUT2D eigenvalue weighted by atomic mass is 16.5. The Bertz CT molecular complexity index is 741. The zero-order valence-electron chi connectivity index (χ0n) is 13.4. The number of ether oxygens (including phenoxy) is 1. The van der Waals surface area contributed by atoms with E-state index in [1.165, 1.54) is 0 Å². The molecule has 1 unspecified atom stereocenters. The van der Waals surface area contributed by atoms with Crippen LogP contribution in [0.15, 0.2) is 42.5 Å². The minimum atomic E-state index is -0.673. The largest absolute Gasteiger partial charge is 0.481 e. The number of nitrogens with one attached hydrogen (secondary N) is 1. The number of benzene rings is 2. The Morgan fingerprint density at radius 3 is 2.43 bits per heavy atom. The third-order valence-corrected chi connectivity index (χ3v) is 3.62. The second-order valence-corrected chi connectivity index (χ2v) is 5.36. The van der Waals surface area contributed by atoms with Gasteiger partial charge >= 0.3 is 0 Å². The Kier molecular flexibility index (Phi) is 5.01. The van der Waals surface area contributed by atoms with Crippen LogP contribution in [0.3, 0.4) is 0 Å². The third kappa shape index (κ3) is 3.88. The van der Waals surface area contributed by atoms with Gasteiger partial charge in [-0.1, -0.05) is 24.3 Å². The molecule has 0 aliphatic heterocycles. The zero-order chi connectivity index (χ0) is 17.0. The van der Waals surface area contributed by atoms with Crippen LogP contribution in [-0.4, -0.2) is 17.9 Å². The molecule has 0 heterocycles. The Morgan fingerprint density at radius 1 is 1.09 bits per heavy atom. The lowest BCUT2D eigenvalue weighted by molar-refractivity contribution is -0.122. The van der Waals surface area contributed by atoms with Crippen LogP contribution in [0.2, 0.25) is 0 Å². The highest BCUT2D eigenvalue weighted by molar-refractivity contribution is 5.99. The summed E-state index contributed by atoms with van der Waals surface area (Å²) in [6.45, 7) is 5.33. The van der Waals surface area contributed by atoms with Gasteiger partial charge in [0.2, 0.25) is 5.91 Å². The molecular weight excluding hydrogens is 292 g/mol. The lowest BCUT2D eigenvalue weighted by atomic mass is 10.1. The van der Waals surface area contributed by atoms with Crippen LogP contribution >= 0.6 is 0 Å². The number of hydrogen-bond acceptors (Lipinski definition) is 3. The monoisotopic (exact) mass is 312 g/mol. The second kappa shape index (κ2) is 6.96. The summed E-state index contributed by atoms with van der Waals surface area (Å²) >= 11 is 0. The third-order valence-electron chi connectivity index (χ3n) is 3.62. The van der Waals surface area contributed by atoms with E-state index >= 15 is 0 Å². The molecule has 0 bridgehead atoms. The average molecular weight is 312 g/mol. The van der Waals surface area contributed by atoms with Crippen molar-refractivity contribution < 1.29 is 14.3 Å². The minimum Gasteiger partial charge on any atom is -0.481 e. The number of anilines is 1. The molecule has 120 valence electrons. The van der Waals surface area contributed by atoms with Crippen LogP contribution in [0.1, 0.15) is 28.4 Å². The Balaban J connectivity index is 2.12. The van der Waals surface area contributed by atoms with Crippen molar-refractivity contribution in [1.29, 1.82) is 0 Å². The predicted molar refractivity (Wildman–Crippen MR) is 89.6 cm³/mol. The molecule has 2 aromatic rings. The van der Waals surface area contributed by atoms with E-state index in [4.69, 9.17) is 10.5 Å². The molecule has 0 aromatic heterocycles. The van der Waals surface area contributed by atoms with Crippen molar-refractivity contribution in [2.24, 2.45) is 5.73 Å². The molecule has 2 aromatic carbocycles. The fourth-order valence-electron chi connectivity index (χ4n) is 2.20. The summed E-state index contributed by atoms with van der Waals surface area (Å²) in [7, 11) is 0. The first kappa shape index (κ1) is 16.5. The van der Waals surface area contributed by atoms with Gasteiger partial charge in [-0.2, -0.15) is 0 Å². The zero-order valence-corrected chi connectivity index (χ0v) is 13.4. The summed E-state index contributed by atoms with van der Waals surface area (Å²) in [6.07, 6.45) is -0.673. The number of amides is 2. The summed E-state index contributed by atoms with van der Waals surface area (Å²) in [4.78, 5) is 23.7. The van der Waals surface area contributed by atoms with E-state index in [-0.39, 0.29) is 5.91 Å². The average Bonchev–Trinajstić information content (AvgIpc) is 2.51. The van der Waals surface area contributed by atoms with E-state index in [9.17, 15) is 9.59 Å². The predicted octanol–water partition coefficient (Wildman–Crippen LogP) is 2.81. The lowest BCUT2D eigenvalue weighted by Crippen LogP contribution is -2.30. The Labute approximate surface area is 135 Å². The smallest absolute Gasteiger partial charge is 0.265 e. The summed E-state index contributed by atoms with van der Waals surface area (Å²) in [5.41, 5.74) is 7.84.